The van der Waals surface area contributed by atoms with Gasteiger partial charge < -0.3 is 10.2 Å². The van der Waals surface area contributed by atoms with Crippen molar-refractivity contribution in [1.29, 1.82) is 0 Å². The van der Waals surface area contributed by atoms with E-state index in [4.69, 9.17) is 0 Å². The zero-order valence-electron chi connectivity index (χ0n) is 22.3. The van der Waals surface area contributed by atoms with E-state index in [9.17, 15) is 18.0 Å². The van der Waals surface area contributed by atoms with Crippen molar-refractivity contribution in [3.05, 3.63) is 129 Å². The number of carbonyl (C=O) groups is 2. The summed E-state index contributed by atoms with van der Waals surface area (Å²) in [6.45, 7) is -0.405. The van der Waals surface area contributed by atoms with E-state index in [-0.39, 0.29) is 23.8 Å². The molecule has 212 valence electrons. The van der Waals surface area contributed by atoms with E-state index in [1.807, 2.05) is 54.6 Å². The molecule has 0 heterocycles. The molecule has 41 heavy (non-hydrogen) atoms. The Labute approximate surface area is 257 Å². The van der Waals surface area contributed by atoms with Gasteiger partial charge in [0.1, 0.15) is 12.6 Å². The standard InChI is InChI=1S/C31H29Br2N3O4S/c1-34-31(38)29(20-23-9-4-2-5-10-23)35(21-24-11-8-12-26(33)19-24)30(37)22-36(27-17-15-25(32)16-18-27)41(39,40)28-13-6-3-7-14-28/h2-19,29H,20-22H2,1H3,(H,34,38)/t29-/m1/s1. The molecule has 0 aliphatic rings. The largest absolute Gasteiger partial charge is 0.357 e. The average molecular weight is 699 g/mol. The van der Waals surface area contributed by atoms with Gasteiger partial charge in [0.15, 0.2) is 0 Å². The van der Waals surface area contributed by atoms with E-state index < -0.39 is 28.5 Å². The highest BCUT2D eigenvalue weighted by molar-refractivity contribution is 9.10. The fourth-order valence-corrected chi connectivity index (χ4v) is 6.55. The predicted octanol–water partition coefficient (Wildman–Crippen LogP) is 5.79. The minimum absolute atomic E-state index is 0.0568. The maximum atomic E-state index is 14.2. The lowest BCUT2D eigenvalue weighted by atomic mass is 10.0. The van der Waals surface area contributed by atoms with Gasteiger partial charge >= 0.3 is 0 Å². The summed E-state index contributed by atoms with van der Waals surface area (Å²) in [7, 11) is -2.60. The van der Waals surface area contributed by atoms with Crippen LogP contribution in [-0.4, -0.2) is 44.8 Å². The molecule has 0 saturated carbocycles. The van der Waals surface area contributed by atoms with Crippen LogP contribution in [0.25, 0.3) is 0 Å². The molecule has 0 unspecified atom stereocenters. The van der Waals surface area contributed by atoms with Crippen LogP contribution in [0.5, 0.6) is 0 Å². The van der Waals surface area contributed by atoms with Crippen LogP contribution in [0.2, 0.25) is 0 Å². The molecule has 7 nitrogen and oxygen atoms in total. The quantitative estimate of drug-likeness (QED) is 0.215. The van der Waals surface area contributed by atoms with Gasteiger partial charge in [-0.2, -0.15) is 0 Å². The number of nitrogens with zero attached hydrogens (tertiary/aromatic N) is 2. The third-order valence-corrected chi connectivity index (χ3v) is 9.29. The summed E-state index contributed by atoms with van der Waals surface area (Å²) in [5.74, 6) is -0.866. The van der Waals surface area contributed by atoms with Crippen LogP contribution in [0.3, 0.4) is 0 Å². The van der Waals surface area contributed by atoms with Crippen LogP contribution in [0.1, 0.15) is 11.1 Å². The number of sulfonamides is 1. The van der Waals surface area contributed by atoms with Crippen molar-refractivity contribution in [3.8, 4) is 0 Å². The molecule has 0 saturated heterocycles. The highest BCUT2D eigenvalue weighted by Crippen LogP contribution is 2.26. The first-order valence-electron chi connectivity index (χ1n) is 12.8. The van der Waals surface area contributed by atoms with E-state index in [2.05, 4.69) is 37.2 Å². The van der Waals surface area contributed by atoms with Gasteiger partial charge in [0.25, 0.3) is 10.0 Å². The fourth-order valence-electron chi connectivity index (χ4n) is 4.41. The van der Waals surface area contributed by atoms with Crippen LogP contribution >= 0.6 is 31.9 Å². The number of carbonyl (C=O) groups excluding carboxylic acids is 2. The Morgan fingerprint density at radius 3 is 2.00 bits per heavy atom. The van der Waals surface area contributed by atoms with Crippen molar-refractivity contribution < 1.29 is 18.0 Å². The van der Waals surface area contributed by atoms with E-state index in [0.29, 0.717) is 5.69 Å². The summed E-state index contributed by atoms with van der Waals surface area (Å²) in [5, 5.41) is 2.69. The first kappa shape index (κ1) is 30.5. The van der Waals surface area contributed by atoms with Crippen molar-refractivity contribution in [2.45, 2.75) is 23.9 Å². The second-order valence-electron chi connectivity index (χ2n) is 9.27. The summed E-state index contributed by atoms with van der Waals surface area (Å²) in [6.07, 6.45) is 0.254. The van der Waals surface area contributed by atoms with Gasteiger partial charge in [-0.1, -0.05) is 92.5 Å². The number of benzene rings is 4. The molecule has 0 radical (unpaired) electrons. The molecule has 10 heteroatoms. The van der Waals surface area contributed by atoms with Crippen LogP contribution in [0.4, 0.5) is 5.69 Å². The van der Waals surface area contributed by atoms with Gasteiger partial charge in [0, 0.05) is 29.0 Å². The molecule has 1 N–H and O–H groups in total. The Morgan fingerprint density at radius 2 is 1.39 bits per heavy atom. The zero-order valence-corrected chi connectivity index (χ0v) is 26.3. The summed E-state index contributed by atoms with van der Waals surface area (Å²) in [6, 6.07) is 30.7. The first-order chi connectivity index (χ1) is 19.7. The first-order valence-corrected chi connectivity index (χ1v) is 15.8. The zero-order chi connectivity index (χ0) is 29.4. The second-order valence-corrected chi connectivity index (χ2v) is 13.0. The maximum Gasteiger partial charge on any atom is 0.264 e. The lowest BCUT2D eigenvalue weighted by Crippen LogP contribution is -2.53. The number of hydrogen-bond donors (Lipinski definition) is 1. The molecule has 4 aromatic rings. The van der Waals surface area contributed by atoms with Crippen molar-refractivity contribution >= 4 is 59.4 Å². The van der Waals surface area contributed by atoms with E-state index >= 15 is 0 Å². The summed E-state index contributed by atoms with van der Waals surface area (Å²) in [5.41, 5.74) is 1.98. The Hall–Kier alpha value is -3.47. The van der Waals surface area contributed by atoms with Gasteiger partial charge in [0.05, 0.1) is 10.6 Å². The van der Waals surface area contributed by atoms with Crippen molar-refractivity contribution in [2.24, 2.45) is 0 Å². The van der Waals surface area contributed by atoms with Gasteiger partial charge in [-0.3, -0.25) is 13.9 Å². The lowest BCUT2D eigenvalue weighted by molar-refractivity contribution is -0.139. The summed E-state index contributed by atoms with van der Waals surface area (Å²) >= 11 is 6.87. The van der Waals surface area contributed by atoms with Crippen LogP contribution in [0.15, 0.2) is 123 Å². The molecule has 0 aromatic heterocycles. The monoisotopic (exact) mass is 697 g/mol. The minimum Gasteiger partial charge on any atom is -0.357 e. The number of amides is 2. The van der Waals surface area contributed by atoms with Crippen molar-refractivity contribution in [1.82, 2.24) is 10.2 Å². The summed E-state index contributed by atoms with van der Waals surface area (Å²) < 4.78 is 30.5. The third-order valence-electron chi connectivity index (χ3n) is 6.48. The second kappa shape index (κ2) is 13.9. The van der Waals surface area contributed by atoms with Crippen LogP contribution < -0.4 is 9.62 Å². The number of rotatable bonds is 11. The van der Waals surface area contributed by atoms with Crippen LogP contribution in [0, 0.1) is 0 Å². The Morgan fingerprint density at radius 1 is 0.780 bits per heavy atom. The molecule has 0 spiro atoms. The van der Waals surface area contributed by atoms with E-state index in [1.165, 1.54) is 24.1 Å². The molecule has 1 atom stereocenters. The highest BCUT2D eigenvalue weighted by Gasteiger charge is 2.34. The van der Waals surface area contributed by atoms with Crippen molar-refractivity contribution in [3.63, 3.8) is 0 Å². The number of halogens is 2. The van der Waals surface area contributed by atoms with Gasteiger partial charge in [-0.15, -0.1) is 0 Å². The third kappa shape index (κ3) is 7.84. The fraction of sp³-hybridized carbons (Fsp3) is 0.161. The Kier molecular flexibility index (Phi) is 10.4. The predicted molar refractivity (Wildman–Crippen MR) is 168 cm³/mol. The average Bonchev–Trinajstić information content (AvgIpc) is 2.98. The van der Waals surface area contributed by atoms with Gasteiger partial charge in [0.2, 0.25) is 11.8 Å². The number of nitrogens with one attached hydrogen (secondary N) is 1. The number of likely N-dealkylation sites (N-methyl/N-ethyl adjacent to an activating group) is 1. The van der Waals surface area contributed by atoms with Gasteiger partial charge in [-0.25, -0.2) is 8.42 Å². The number of anilines is 1. The molecule has 0 aliphatic carbocycles. The molecule has 0 aliphatic heterocycles. The highest BCUT2D eigenvalue weighted by atomic mass is 79.9. The molecule has 0 bridgehead atoms. The maximum absolute atomic E-state index is 14.2. The molecule has 4 rings (SSSR count). The van der Waals surface area contributed by atoms with E-state index in [1.54, 1.807) is 42.5 Å². The normalized spacial score (nSPS) is 11.9. The molecule has 0 fully saturated rings. The molecule has 4 aromatic carbocycles. The molecular formula is C31H29Br2N3O4S. The van der Waals surface area contributed by atoms with Gasteiger partial charge in [-0.05, 0) is 59.7 Å². The summed E-state index contributed by atoms with van der Waals surface area (Å²) in [4.78, 5) is 29.0. The smallest absolute Gasteiger partial charge is 0.264 e. The molecule has 2 amide bonds. The lowest BCUT2D eigenvalue weighted by Gasteiger charge is -2.33. The van der Waals surface area contributed by atoms with Crippen LogP contribution in [-0.2, 0) is 32.6 Å². The molecular weight excluding hydrogens is 670 g/mol. The minimum atomic E-state index is -4.12. The number of hydrogen-bond acceptors (Lipinski definition) is 4. The van der Waals surface area contributed by atoms with E-state index in [0.717, 1.165) is 24.4 Å². The Balaban J connectivity index is 1.78. The Bertz CT molecular complexity index is 1580. The SMILES string of the molecule is CNC(=O)[C@@H](Cc1ccccc1)N(Cc1cccc(Br)c1)C(=O)CN(c1ccc(Br)cc1)S(=O)(=O)c1ccccc1. The van der Waals surface area contributed by atoms with Crippen molar-refractivity contribution in [2.75, 3.05) is 17.9 Å². The topological polar surface area (TPSA) is 86.8 Å².